The van der Waals surface area contributed by atoms with Gasteiger partial charge in [0.05, 0.1) is 18.7 Å². The molecule has 0 saturated carbocycles. The Bertz CT molecular complexity index is 468. The predicted molar refractivity (Wildman–Crippen MR) is 71.3 cm³/mol. The minimum absolute atomic E-state index is 0.112. The van der Waals surface area contributed by atoms with Gasteiger partial charge < -0.3 is 15.4 Å². The summed E-state index contributed by atoms with van der Waals surface area (Å²) in [6.45, 7) is 0.533. The summed E-state index contributed by atoms with van der Waals surface area (Å²) in [6.07, 6.45) is 0. The Morgan fingerprint density at radius 3 is 2.79 bits per heavy atom. The standard InChI is InChI=1S/C12H14BrFN2O3/c1-19-5-4-15-11(17)7-16-12(18)9-6-8(13)2-3-10(9)14/h2-3,6H,4-5,7H2,1H3,(H,15,17)(H,16,18). The van der Waals surface area contributed by atoms with E-state index < -0.39 is 11.7 Å². The first-order chi connectivity index (χ1) is 9.04. The van der Waals surface area contributed by atoms with E-state index in [1.807, 2.05) is 0 Å². The van der Waals surface area contributed by atoms with Gasteiger partial charge in [0.1, 0.15) is 5.82 Å². The Balaban J connectivity index is 2.47. The minimum atomic E-state index is -0.638. The second-order valence-corrected chi connectivity index (χ2v) is 4.57. The number of methoxy groups -OCH3 is 1. The van der Waals surface area contributed by atoms with Gasteiger partial charge in [0.2, 0.25) is 5.91 Å². The molecule has 0 spiro atoms. The Hall–Kier alpha value is -1.47. The average molecular weight is 333 g/mol. The van der Waals surface area contributed by atoms with Crippen LogP contribution in [0.15, 0.2) is 22.7 Å². The van der Waals surface area contributed by atoms with E-state index >= 15 is 0 Å². The highest BCUT2D eigenvalue weighted by Gasteiger charge is 2.12. The van der Waals surface area contributed by atoms with Crippen LogP contribution in [0.3, 0.4) is 0 Å². The Morgan fingerprint density at radius 1 is 1.37 bits per heavy atom. The van der Waals surface area contributed by atoms with Gasteiger partial charge in [-0.15, -0.1) is 0 Å². The molecule has 104 valence electrons. The van der Waals surface area contributed by atoms with Crippen LogP contribution in [0.1, 0.15) is 10.4 Å². The molecule has 5 nitrogen and oxygen atoms in total. The van der Waals surface area contributed by atoms with Gasteiger partial charge in [-0.05, 0) is 18.2 Å². The third-order valence-corrected chi connectivity index (χ3v) is 2.70. The van der Waals surface area contributed by atoms with E-state index in [0.29, 0.717) is 17.6 Å². The maximum absolute atomic E-state index is 13.4. The lowest BCUT2D eigenvalue weighted by Gasteiger charge is -2.07. The topological polar surface area (TPSA) is 67.4 Å². The van der Waals surface area contributed by atoms with Gasteiger partial charge in [-0.25, -0.2) is 4.39 Å². The van der Waals surface area contributed by atoms with Gasteiger partial charge in [-0.3, -0.25) is 9.59 Å². The number of nitrogens with one attached hydrogen (secondary N) is 2. The number of halogens is 2. The van der Waals surface area contributed by atoms with Crippen molar-refractivity contribution in [3.05, 3.63) is 34.1 Å². The van der Waals surface area contributed by atoms with Crippen molar-refractivity contribution < 1.29 is 18.7 Å². The first kappa shape index (κ1) is 15.6. The Labute approximate surface area is 118 Å². The molecular weight excluding hydrogens is 319 g/mol. The summed E-state index contributed by atoms with van der Waals surface area (Å²) in [5, 5.41) is 4.88. The minimum Gasteiger partial charge on any atom is -0.383 e. The number of rotatable bonds is 6. The summed E-state index contributed by atoms with van der Waals surface area (Å²) in [5.74, 6) is -1.64. The molecule has 0 aliphatic rings. The molecule has 7 heteroatoms. The fourth-order valence-corrected chi connectivity index (χ4v) is 1.64. The molecule has 0 fully saturated rings. The van der Waals surface area contributed by atoms with Gasteiger partial charge in [0, 0.05) is 18.1 Å². The zero-order chi connectivity index (χ0) is 14.3. The fraction of sp³-hybridized carbons (Fsp3) is 0.333. The Kier molecular flexibility index (Phi) is 6.44. The maximum atomic E-state index is 13.4. The van der Waals surface area contributed by atoms with Crippen LogP contribution in [-0.4, -0.2) is 38.6 Å². The molecule has 0 aliphatic carbocycles. The van der Waals surface area contributed by atoms with Crippen LogP contribution in [0, 0.1) is 5.82 Å². The van der Waals surface area contributed by atoms with E-state index in [4.69, 9.17) is 4.74 Å². The summed E-state index contributed by atoms with van der Waals surface area (Å²) >= 11 is 3.15. The summed E-state index contributed by atoms with van der Waals surface area (Å²) in [4.78, 5) is 23.0. The monoisotopic (exact) mass is 332 g/mol. The first-order valence-corrected chi connectivity index (χ1v) is 6.32. The molecule has 1 aromatic carbocycles. The van der Waals surface area contributed by atoms with Crippen LogP contribution in [0.4, 0.5) is 4.39 Å². The van der Waals surface area contributed by atoms with Crippen molar-refractivity contribution in [3.8, 4) is 0 Å². The Morgan fingerprint density at radius 2 is 2.11 bits per heavy atom. The maximum Gasteiger partial charge on any atom is 0.254 e. The number of hydrogen-bond acceptors (Lipinski definition) is 3. The van der Waals surface area contributed by atoms with Crippen molar-refractivity contribution in [2.75, 3.05) is 26.8 Å². The van der Waals surface area contributed by atoms with Crippen molar-refractivity contribution >= 4 is 27.7 Å². The average Bonchev–Trinajstić information content (AvgIpc) is 2.39. The lowest BCUT2D eigenvalue weighted by atomic mass is 10.2. The molecule has 1 rings (SSSR count). The van der Waals surface area contributed by atoms with E-state index in [1.54, 1.807) is 0 Å². The highest BCUT2D eigenvalue weighted by atomic mass is 79.9. The second kappa shape index (κ2) is 7.85. The number of carbonyl (C=O) groups excluding carboxylic acids is 2. The SMILES string of the molecule is COCCNC(=O)CNC(=O)c1cc(Br)ccc1F. The van der Waals surface area contributed by atoms with E-state index in [-0.39, 0.29) is 18.0 Å². The lowest BCUT2D eigenvalue weighted by molar-refractivity contribution is -0.120. The van der Waals surface area contributed by atoms with E-state index in [9.17, 15) is 14.0 Å². The van der Waals surface area contributed by atoms with Crippen LogP contribution in [0.5, 0.6) is 0 Å². The largest absolute Gasteiger partial charge is 0.383 e. The van der Waals surface area contributed by atoms with Gasteiger partial charge in [-0.2, -0.15) is 0 Å². The molecule has 0 aliphatic heterocycles. The second-order valence-electron chi connectivity index (χ2n) is 3.65. The number of benzene rings is 1. The number of ether oxygens (including phenoxy) is 1. The lowest BCUT2D eigenvalue weighted by Crippen LogP contribution is -2.38. The number of amides is 2. The molecule has 2 amide bonds. The van der Waals surface area contributed by atoms with Gasteiger partial charge in [0.25, 0.3) is 5.91 Å². The third-order valence-electron chi connectivity index (χ3n) is 2.21. The molecule has 0 aromatic heterocycles. The van der Waals surface area contributed by atoms with Crippen LogP contribution < -0.4 is 10.6 Å². The quantitative estimate of drug-likeness (QED) is 0.766. The van der Waals surface area contributed by atoms with Crippen LogP contribution in [0.2, 0.25) is 0 Å². The third kappa shape index (κ3) is 5.35. The van der Waals surface area contributed by atoms with Gasteiger partial charge >= 0.3 is 0 Å². The highest BCUT2D eigenvalue weighted by molar-refractivity contribution is 9.10. The smallest absolute Gasteiger partial charge is 0.254 e. The first-order valence-electron chi connectivity index (χ1n) is 5.53. The van der Waals surface area contributed by atoms with Crippen molar-refractivity contribution in [3.63, 3.8) is 0 Å². The summed E-state index contributed by atoms with van der Waals surface area (Å²) in [5.41, 5.74) is -0.112. The molecule has 0 unspecified atom stereocenters. The van der Waals surface area contributed by atoms with E-state index in [1.165, 1.54) is 25.3 Å². The van der Waals surface area contributed by atoms with Crippen molar-refractivity contribution in [1.29, 1.82) is 0 Å². The normalized spacial score (nSPS) is 10.1. The zero-order valence-electron chi connectivity index (χ0n) is 10.3. The van der Waals surface area contributed by atoms with Crippen molar-refractivity contribution in [2.24, 2.45) is 0 Å². The van der Waals surface area contributed by atoms with Crippen LogP contribution in [0.25, 0.3) is 0 Å². The molecule has 1 aromatic rings. The van der Waals surface area contributed by atoms with Crippen molar-refractivity contribution in [1.82, 2.24) is 10.6 Å². The van der Waals surface area contributed by atoms with Crippen LogP contribution >= 0.6 is 15.9 Å². The molecular formula is C12H14BrFN2O3. The molecule has 0 saturated heterocycles. The number of carbonyl (C=O) groups is 2. The van der Waals surface area contributed by atoms with E-state index in [0.717, 1.165) is 0 Å². The highest BCUT2D eigenvalue weighted by Crippen LogP contribution is 2.15. The predicted octanol–water partition coefficient (Wildman–Crippen LogP) is 1.08. The summed E-state index contributed by atoms with van der Waals surface area (Å²) in [6, 6.07) is 4.02. The summed E-state index contributed by atoms with van der Waals surface area (Å²) < 4.78 is 18.7. The van der Waals surface area contributed by atoms with Gasteiger partial charge in [0.15, 0.2) is 0 Å². The van der Waals surface area contributed by atoms with Crippen molar-refractivity contribution in [2.45, 2.75) is 0 Å². The number of hydrogen-bond donors (Lipinski definition) is 2. The zero-order valence-corrected chi connectivity index (χ0v) is 11.9. The van der Waals surface area contributed by atoms with E-state index in [2.05, 4.69) is 26.6 Å². The molecule has 0 heterocycles. The molecule has 0 radical (unpaired) electrons. The van der Waals surface area contributed by atoms with Gasteiger partial charge in [-0.1, -0.05) is 15.9 Å². The van der Waals surface area contributed by atoms with Crippen LogP contribution in [-0.2, 0) is 9.53 Å². The molecule has 0 atom stereocenters. The molecule has 0 bridgehead atoms. The fourth-order valence-electron chi connectivity index (χ4n) is 1.28. The molecule has 19 heavy (non-hydrogen) atoms. The molecule has 2 N–H and O–H groups in total. The summed E-state index contributed by atoms with van der Waals surface area (Å²) in [7, 11) is 1.52.